The van der Waals surface area contributed by atoms with E-state index in [0.29, 0.717) is 12.5 Å². The maximum absolute atomic E-state index is 9.31. The van der Waals surface area contributed by atoms with Crippen LogP contribution in [-0.2, 0) is 0 Å². The first-order chi connectivity index (χ1) is 4.09. The Bertz CT molecular complexity index is 73.3. The van der Waals surface area contributed by atoms with Crippen molar-refractivity contribution < 1.29 is 5.11 Å². The summed E-state index contributed by atoms with van der Waals surface area (Å²) in [7, 11) is 0. The van der Waals surface area contributed by atoms with Crippen molar-refractivity contribution in [3.8, 4) is 0 Å². The number of aliphatic hydroxyl groups is 1. The van der Waals surface area contributed by atoms with Crippen molar-refractivity contribution in [2.45, 2.75) is 26.9 Å². The Morgan fingerprint density at radius 3 is 1.89 bits per heavy atom. The smallest absolute Gasteiger partial charge is 0.0600 e. The highest BCUT2D eigenvalue weighted by Crippen LogP contribution is 2.09. The van der Waals surface area contributed by atoms with Crippen LogP contribution in [0.3, 0.4) is 0 Å². The first-order valence-electron chi connectivity index (χ1n) is 3.47. The monoisotopic (exact) mass is 131 g/mol. The van der Waals surface area contributed by atoms with Crippen LogP contribution in [0.15, 0.2) is 0 Å². The quantitative estimate of drug-likeness (QED) is 0.589. The predicted molar refractivity (Wildman–Crippen MR) is 39.1 cm³/mol. The molecule has 0 aromatic heterocycles. The van der Waals surface area contributed by atoms with Gasteiger partial charge in [-0.3, -0.25) is 0 Å². The molecule has 56 valence electrons. The molecule has 0 saturated heterocycles. The van der Waals surface area contributed by atoms with Crippen molar-refractivity contribution in [1.29, 1.82) is 0 Å². The molecule has 0 aliphatic heterocycles. The topological polar surface area (TPSA) is 46.2 Å². The van der Waals surface area contributed by atoms with Gasteiger partial charge in [0.25, 0.3) is 0 Å². The van der Waals surface area contributed by atoms with Gasteiger partial charge >= 0.3 is 0 Å². The normalized spacial score (nSPS) is 18.0. The van der Waals surface area contributed by atoms with Gasteiger partial charge in [-0.25, -0.2) is 0 Å². The van der Waals surface area contributed by atoms with Crippen LogP contribution in [0.25, 0.3) is 0 Å². The predicted octanol–water partition coefficient (Wildman–Crippen LogP) is 0.598. The Kier molecular flexibility index (Phi) is 3.82. The van der Waals surface area contributed by atoms with Crippen LogP contribution in [-0.4, -0.2) is 17.8 Å². The molecule has 0 bridgehead atoms. The molecule has 0 radical (unpaired) electrons. The molecule has 3 N–H and O–H groups in total. The number of hydrogen-bond acceptors (Lipinski definition) is 2. The lowest BCUT2D eigenvalue weighted by Gasteiger charge is -2.19. The number of hydrogen-bond donors (Lipinski definition) is 2. The van der Waals surface area contributed by atoms with Gasteiger partial charge in [-0.05, 0) is 18.4 Å². The van der Waals surface area contributed by atoms with Crippen molar-refractivity contribution in [1.82, 2.24) is 0 Å². The Morgan fingerprint density at radius 2 is 1.78 bits per heavy atom. The van der Waals surface area contributed by atoms with Gasteiger partial charge in [0.2, 0.25) is 0 Å². The van der Waals surface area contributed by atoms with E-state index in [9.17, 15) is 5.11 Å². The second kappa shape index (κ2) is 3.85. The molecule has 2 heteroatoms. The molecule has 0 aromatic rings. The lowest BCUT2D eigenvalue weighted by Crippen LogP contribution is -2.29. The third-order valence-electron chi connectivity index (χ3n) is 1.64. The Morgan fingerprint density at radius 1 is 1.33 bits per heavy atom. The summed E-state index contributed by atoms with van der Waals surface area (Å²) in [6, 6.07) is 0. The maximum Gasteiger partial charge on any atom is 0.0600 e. The van der Waals surface area contributed by atoms with Gasteiger partial charge < -0.3 is 10.8 Å². The molecule has 0 heterocycles. The molecule has 0 saturated carbocycles. The van der Waals surface area contributed by atoms with E-state index in [2.05, 4.69) is 0 Å². The number of nitrogens with two attached hydrogens (primary N) is 1. The number of aliphatic hydroxyl groups excluding tert-OH is 1. The third kappa shape index (κ3) is 2.82. The molecule has 0 aliphatic rings. The van der Waals surface area contributed by atoms with Gasteiger partial charge in [-0.15, -0.1) is 0 Å². The van der Waals surface area contributed by atoms with E-state index in [1.807, 2.05) is 20.8 Å². The highest BCUT2D eigenvalue weighted by Gasteiger charge is 2.15. The average molecular weight is 131 g/mol. The Labute approximate surface area is 57.1 Å². The van der Waals surface area contributed by atoms with Crippen LogP contribution in [0.2, 0.25) is 0 Å². The van der Waals surface area contributed by atoms with Crippen molar-refractivity contribution in [2.75, 3.05) is 6.54 Å². The van der Waals surface area contributed by atoms with Crippen LogP contribution in [0.4, 0.5) is 0 Å². The molecule has 0 amide bonds. The summed E-state index contributed by atoms with van der Waals surface area (Å²) in [5.74, 6) is 0.550. The fourth-order valence-electron chi connectivity index (χ4n) is 0.796. The van der Waals surface area contributed by atoms with Crippen LogP contribution in [0.1, 0.15) is 20.8 Å². The Hall–Kier alpha value is -0.0800. The van der Waals surface area contributed by atoms with Crippen molar-refractivity contribution in [2.24, 2.45) is 17.6 Å². The molecule has 0 fully saturated rings. The zero-order valence-electron chi connectivity index (χ0n) is 6.46. The van der Waals surface area contributed by atoms with E-state index in [0.717, 1.165) is 0 Å². The molecule has 0 aliphatic carbocycles. The summed E-state index contributed by atoms with van der Waals surface area (Å²) >= 11 is 0. The molecule has 2 unspecified atom stereocenters. The average Bonchev–Trinajstić information content (AvgIpc) is 1.84. The van der Waals surface area contributed by atoms with Crippen LogP contribution >= 0.6 is 0 Å². The van der Waals surface area contributed by atoms with Crippen LogP contribution in [0.5, 0.6) is 0 Å². The minimum atomic E-state index is -0.241. The second-order valence-corrected chi connectivity index (χ2v) is 2.95. The molecule has 9 heavy (non-hydrogen) atoms. The van der Waals surface area contributed by atoms with E-state index in [1.165, 1.54) is 0 Å². The lowest BCUT2D eigenvalue weighted by atomic mass is 9.95. The largest absolute Gasteiger partial charge is 0.393 e. The van der Waals surface area contributed by atoms with E-state index >= 15 is 0 Å². The minimum absolute atomic E-state index is 0.227. The first kappa shape index (κ1) is 8.92. The van der Waals surface area contributed by atoms with Gasteiger partial charge in [0, 0.05) is 0 Å². The maximum atomic E-state index is 9.31. The van der Waals surface area contributed by atoms with Gasteiger partial charge in [0.1, 0.15) is 0 Å². The zero-order valence-corrected chi connectivity index (χ0v) is 6.46. The summed E-state index contributed by atoms with van der Waals surface area (Å²) in [5.41, 5.74) is 5.35. The summed E-state index contributed by atoms with van der Waals surface area (Å²) in [6.45, 7) is 6.53. The van der Waals surface area contributed by atoms with Crippen LogP contribution < -0.4 is 5.73 Å². The fourth-order valence-corrected chi connectivity index (χ4v) is 0.796. The molecular weight excluding hydrogens is 114 g/mol. The molecule has 0 aromatic carbocycles. The first-order valence-corrected chi connectivity index (χ1v) is 3.47. The van der Waals surface area contributed by atoms with Gasteiger partial charge in [-0.2, -0.15) is 0 Å². The number of rotatable bonds is 3. The van der Waals surface area contributed by atoms with Gasteiger partial charge in [0.15, 0.2) is 0 Å². The van der Waals surface area contributed by atoms with E-state index in [-0.39, 0.29) is 12.0 Å². The zero-order chi connectivity index (χ0) is 7.44. The summed E-state index contributed by atoms with van der Waals surface area (Å²) in [6.07, 6.45) is -0.241. The SMILES string of the molecule is CC(C)C(O)C(C)CN. The van der Waals surface area contributed by atoms with E-state index < -0.39 is 0 Å². The molecule has 2 nitrogen and oxygen atoms in total. The molecule has 0 rings (SSSR count). The van der Waals surface area contributed by atoms with E-state index in [1.54, 1.807) is 0 Å². The molecular formula is C7H17NO. The van der Waals surface area contributed by atoms with Gasteiger partial charge in [-0.1, -0.05) is 20.8 Å². The van der Waals surface area contributed by atoms with Crippen LogP contribution in [0, 0.1) is 11.8 Å². The summed E-state index contributed by atoms with van der Waals surface area (Å²) in [5, 5.41) is 9.31. The van der Waals surface area contributed by atoms with Crippen molar-refractivity contribution >= 4 is 0 Å². The standard InChI is InChI=1S/C7H17NO/c1-5(2)7(9)6(3)4-8/h5-7,9H,4,8H2,1-3H3. The lowest BCUT2D eigenvalue weighted by molar-refractivity contribution is 0.0759. The fraction of sp³-hybridized carbons (Fsp3) is 1.00. The minimum Gasteiger partial charge on any atom is -0.393 e. The highest BCUT2D eigenvalue weighted by atomic mass is 16.3. The second-order valence-electron chi connectivity index (χ2n) is 2.95. The van der Waals surface area contributed by atoms with Crippen molar-refractivity contribution in [3.05, 3.63) is 0 Å². The summed E-state index contributed by atoms with van der Waals surface area (Å²) < 4.78 is 0. The van der Waals surface area contributed by atoms with Gasteiger partial charge in [0.05, 0.1) is 6.10 Å². The summed E-state index contributed by atoms with van der Waals surface area (Å²) in [4.78, 5) is 0. The van der Waals surface area contributed by atoms with Crippen molar-refractivity contribution in [3.63, 3.8) is 0 Å². The Balaban J connectivity index is 3.58. The third-order valence-corrected chi connectivity index (χ3v) is 1.64. The van der Waals surface area contributed by atoms with E-state index in [4.69, 9.17) is 5.73 Å². The molecule has 0 spiro atoms. The molecule has 2 atom stereocenters. The highest BCUT2D eigenvalue weighted by molar-refractivity contribution is 4.67.